The van der Waals surface area contributed by atoms with Crippen LogP contribution >= 0.6 is 0 Å². The van der Waals surface area contributed by atoms with Crippen molar-refractivity contribution in [1.29, 1.82) is 0 Å². The molecule has 1 fully saturated rings. The van der Waals surface area contributed by atoms with Gasteiger partial charge in [-0.05, 0) is 54.8 Å². The van der Waals surface area contributed by atoms with E-state index in [4.69, 9.17) is 13.9 Å². The fraction of sp³-hybridized carbons (Fsp3) is 0.385. The van der Waals surface area contributed by atoms with Gasteiger partial charge in [0, 0.05) is 26.2 Å². The third-order valence-corrected chi connectivity index (χ3v) is 6.77. The Morgan fingerprint density at radius 2 is 1.70 bits per heavy atom. The predicted molar refractivity (Wildman–Crippen MR) is 125 cm³/mol. The topological polar surface area (TPSA) is 72.2 Å². The summed E-state index contributed by atoms with van der Waals surface area (Å²) in [5, 5.41) is 0.512. The molecule has 3 aromatic rings. The summed E-state index contributed by atoms with van der Waals surface area (Å²) >= 11 is 0. The van der Waals surface area contributed by atoms with Gasteiger partial charge in [-0.15, -0.1) is 0 Å². The lowest BCUT2D eigenvalue weighted by atomic mass is 9.97. The minimum Gasteiger partial charge on any atom is -0.497 e. The van der Waals surface area contributed by atoms with Gasteiger partial charge in [0.2, 0.25) is 5.76 Å². The molecule has 1 aromatic heterocycles. The number of benzene rings is 2. The SMILES string of the molecule is COc1ccc([C@@H]2c3c(oc4cc(C)c(C)cc4c3=O)C(=O)N2CCN2CCOCC2)cc1. The first-order valence-corrected chi connectivity index (χ1v) is 11.3. The number of ether oxygens (including phenoxy) is 2. The summed E-state index contributed by atoms with van der Waals surface area (Å²) in [5.41, 5.74) is 3.63. The molecule has 7 nitrogen and oxygen atoms in total. The van der Waals surface area contributed by atoms with Crippen molar-refractivity contribution in [1.82, 2.24) is 9.80 Å². The second-order valence-corrected chi connectivity index (χ2v) is 8.73. The zero-order valence-electron chi connectivity index (χ0n) is 19.2. The largest absolute Gasteiger partial charge is 0.497 e. The summed E-state index contributed by atoms with van der Waals surface area (Å²) in [6.07, 6.45) is 0. The molecule has 172 valence electrons. The first-order chi connectivity index (χ1) is 16.0. The van der Waals surface area contributed by atoms with Gasteiger partial charge >= 0.3 is 0 Å². The first kappa shape index (κ1) is 21.7. The third kappa shape index (κ3) is 3.81. The van der Waals surface area contributed by atoms with Crippen LogP contribution in [0.1, 0.15) is 38.9 Å². The molecule has 0 bridgehead atoms. The molecular formula is C26H28N2O5. The Kier molecular flexibility index (Phi) is 5.68. The van der Waals surface area contributed by atoms with Gasteiger partial charge < -0.3 is 18.8 Å². The van der Waals surface area contributed by atoms with Crippen molar-refractivity contribution in [2.45, 2.75) is 19.9 Å². The average molecular weight is 449 g/mol. The van der Waals surface area contributed by atoms with Gasteiger partial charge in [0.25, 0.3) is 5.91 Å². The van der Waals surface area contributed by atoms with Crippen LogP contribution in [0.2, 0.25) is 0 Å². The van der Waals surface area contributed by atoms with E-state index in [1.807, 2.05) is 50.2 Å². The molecule has 1 amide bonds. The summed E-state index contributed by atoms with van der Waals surface area (Å²) in [7, 11) is 1.61. The zero-order chi connectivity index (χ0) is 23.1. The Bertz CT molecular complexity index is 1260. The summed E-state index contributed by atoms with van der Waals surface area (Å²) < 4.78 is 16.8. The molecule has 3 heterocycles. The van der Waals surface area contributed by atoms with Crippen LogP contribution in [0.5, 0.6) is 5.75 Å². The number of methoxy groups -OCH3 is 1. The summed E-state index contributed by atoms with van der Waals surface area (Å²) in [6, 6.07) is 10.8. The number of morpholine rings is 1. The molecule has 1 atom stereocenters. The maximum atomic E-state index is 13.7. The standard InChI is InChI=1S/C26H28N2O5/c1-16-14-20-21(15-17(16)2)33-25-22(24(20)29)23(18-4-6-19(31-3)7-5-18)28(26(25)30)9-8-27-10-12-32-13-11-27/h4-7,14-15,23H,8-13H2,1-3H3/t23-/m1/s1. The van der Waals surface area contributed by atoms with E-state index in [0.717, 1.165) is 35.5 Å². The maximum Gasteiger partial charge on any atom is 0.290 e. The highest BCUT2D eigenvalue weighted by Gasteiger charge is 2.42. The van der Waals surface area contributed by atoms with Gasteiger partial charge in [-0.3, -0.25) is 14.5 Å². The van der Waals surface area contributed by atoms with Crippen molar-refractivity contribution in [3.8, 4) is 5.75 Å². The number of carbonyl (C=O) groups is 1. The lowest BCUT2D eigenvalue weighted by Crippen LogP contribution is -2.42. The van der Waals surface area contributed by atoms with Crippen molar-refractivity contribution in [2.75, 3.05) is 46.5 Å². The highest BCUT2D eigenvalue weighted by atomic mass is 16.5. The van der Waals surface area contributed by atoms with Crippen molar-refractivity contribution < 1.29 is 18.7 Å². The summed E-state index contributed by atoms with van der Waals surface area (Å²) in [4.78, 5) is 31.3. The van der Waals surface area contributed by atoms with E-state index in [0.29, 0.717) is 42.8 Å². The predicted octanol–water partition coefficient (Wildman–Crippen LogP) is 3.30. The quantitative estimate of drug-likeness (QED) is 0.597. The van der Waals surface area contributed by atoms with Crippen LogP contribution in [0.3, 0.4) is 0 Å². The highest BCUT2D eigenvalue weighted by molar-refractivity contribution is 5.99. The van der Waals surface area contributed by atoms with Crippen LogP contribution in [0.25, 0.3) is 11.0 Å². The number of carbonyl (C=O) groups excluding carboxylic acids is 1. The Labute approximate surface area is 192 Å². The zero-order valence-corrected chi connectivity index (χ0v) is 19.2. The smallest absolute Gasteiger partial charge is 0.290 e. The van der Waals surface area contributed by atoms with E-state index < -0.39 is 6.04 Å². The summed E-state index contributed by atoms with van der Waals surface area (Å²) in [5.74, 6) is 0.634. The highest BCUT2D eigenvalue weighted by Crippen LogP contribution is 2.38. The fourth-order valence-corrected chi connectivity index (χ4v) is 4.71. The van der Waals surface area contributed by atoms with E-state index in [1.54, 1.807) is 12.0 Å². The van der Waals surface area contributed by atoms with Gasteiger partial charge in [-0.25, -0.2) is 0 Å². The first-order valence-electron chi connectivity index (χ1n) is 11.3. The number of aryl methyl sites for hydroxylation is 2. The van der Waals surface area contributed by atoms with E-state index >= 15 is 0 Å². The van der Waals surface area contributed by atoms with Gasteiger partial charge in [-0.1, -0.05) is 12.1 Å². The maximum absolute atomic E-state index is 13.7. The average Bonchev–Trinajstić information content (AvgIpc) is 3.11. The Hall–Kier alpha value is -3.16. The van der Waals surface area contributed by atoms with Crippen LogP contribution in [-0.4, -0.2) is 62.2 Å². The molecule has 1 saturated heterocycles. The Balaban J connectivity index is 1.61. The molecule has 7 heteroatoms. The molecule has 0 radical (unpaired) electrons. The van der Waals surface area contributed by atoms with Crippen LogP contribution in [0, 0.1) is 13.8 Å². The second kappa shape index (κ2) is 8.65. The number of rotatable bonds is 5. The van der Waals surface area contributed by atoms with E-state index in [-0.39, 0.29) is 17.1 Å². The van der Waals surface area contributed by atoms with Crippen molar-refractivity contribution in [2.24, 2.45) is 0 Å². The van der Waals surface area contributed by atoms with Gasteiger partial charge in [0.15, 0.2) is 5.43 Å². The molecule has 5 rings (SSSR count). The third-order valence-electron chi connectivity index (χ3n) is 6.77. The van der Waals surface area contributed by atoms with Crippen LogP contribution in [0.4, 0.5) is 0 Å². The molecule has 33 heavy (non-hydrogen) atoms. The van der Waals surface area contributed by atoms with Crippen LogP contribution < -0.4 is 10.2 Å². The van der Waals surface area contributed by atoms with Gasteiger partial charge in [-0.2, -0.15) is 0 Å². The number of fused-ring (bicyclic) bond motifs is 2. The van der Waals surface area contributed by atoms with E-state index in [1.165, 1.54) is 0 Å². The molecule has 0 unspecified atom stereocenters. The van der Waals surface area contributed by atoms with E-state index in [9.17, 15) is 9.59 Å². The fourth-order valence-electron chi connectivity index (χ4n) is 4.71. The molecule has 0 spiro atoms. The Morgan fingerprint density at radius 1 is 1.00 bits per heavy atom. The van der Waals surface area contributed by atoms with Crippen molar-refractivity contribution in [3.63, 3.8) is 0 Å². The van der Waals surface area contributed by atoms with Gasteiger partial charge in [0.05, 0.1) is 37.3 Å². The number of hydrogen-bond donors (Lipinski definition) is 0. The lowest BCUT2D eigenvalue weighted by molar-refractivity contribution is 0.0314. The van der Waals surface area contributed by atoms with Crippen LogP contribution in [-0.2, 0) is 4.74 Å². The lowest BCUT2D eigenvalue weighted by Gasteiger charge is -2.31. The van der Waals surface area contributed by atoms with Crippen molar-refractivity contribution in [3.05, 3.63) is 74.6 Å². The molecule has 2 aliphatic heterocycles. The minimum atomic E-state index is -0.498. The molecule has 2 aliphatic rings. The van der Waals surface area contributed by atoms with E-state index in [2.05, 4.69) is 4.90 Å². The Morgan fingerprint density at radius 3 is 2.39 bits per heavy atom. The molecule has 0 N–H and O–H groups in total. The second-order valence-electron chi connectivity index (χ2n) is 8.73. The summed E-state index contributed by atoms with van der Waals surface area (Å²) in [6.45, 7) is 8.21. The van der Waals surface area contributed by atoms with Gasteiger partial charge in [0.1, 0.15) is 11.3 Å². The minimum absolute atomic E-state index is 0.141. The number of hydrogen-bond acceptors (Lipinski definition) is 6. The molecular weight excluding hydrogens is 420 g/mol. The molecule has 2 aromatic carbocycles. The van der Waals surface area contributed by atoms with Crippen LogP contribution in [0.15, 0.2) is 45.6 Å². The number of amides is 1. The van der Waals surface area contributed by atoms with Crippen molar-refractivity contribution >= 4 is 16.9 Å². The molecule has 0 saturated carbocycles. The molecule has 0 aliphatic carbocycles. The normalized spacial score (nSPS) is 18.7. The number of nitrogens with zero attached hydrogens (tertiary/aromatic N) is 2. The monoisotopic (exact) mass is 448 g/mol.